The topological polar surface area (TPSA) is 108 Å². The zero-order valence-electron chi connectivity index (χ0n) is 7.27. The minimum absolute atomic E-state index is 0.207. The zero-order chi connectivity index (χ0) is 10.1. The third-order valence-electron chi connectivity index (χ3n) is 2.15. The fourth-order valence-corrected chi connectivity index (χ4v) is 1.44. The van der Waals surface area contributed by atoms with Crippen LogP contribution in [-0.2, 0) is 6.54 Å². The summed E-state index contributed by atoms with van der Waals surface area (Å²) in [6, 6.07) is 0. The van der Waals surface area contributed by atoms with E-state index in [4.69, 9.17) is 10.9 Å². The Morgan fingerprint density at radius 1 is 1.71 bits per heavy atom. The van der Waals surface area contributed by atoms with Gasteiger partial charge in [-0.05, 0) is 0 Å². The molecule has 2 heterocycles. The number of hydrogen-bond acceptors (Lipinski definition) is 4. The van der Waals surface area contributed by atoms with Crippen LogP contribution in [0.4, 0.5) is 4.79 Å². The van der Waals surface area contributed by atoms with Crippen LogP contribution in [0.5, 0.6) is 0 Å². The number of H-pyrrole nitrogens is 1. The van der Waals surface area contributed by atoms with Gasteiger partial charge in [-0.15, -0.1) is 0 Å². The molecule has 1 amide bonds. The van der Waals surface area contributed by atoms with E-state index in [1.54, 1.807) is 6.20 Å². The molecule has 74 valence electrons. The number of amides is 1. The molecule has 0 saturated carbocycles. The highest BCUT2D eigenvalue weighted by Crippen LogP contribution is 2.16. The van der Waals surface area contributed by atoms with Gasteiger partial charge in [0, 0.05) is 5.56 Å². The SMILES string of the molecule is N/N=C1/CN(C(=O)O)Cc2[nH]ncc21. The molecule has 1 aromatic rings. The number of aromatic nitrogens is 2. The van der Waals surface area contributed by atoms with E-state index in [2.05, 4.69) is 15.3 Å². The van der Waals surface area contributed by atoms with E-state index < -0.39 is 6.09 Å². The predicted molar refractivity (Wildman–Crippen MR) is 47.7 cm³/mol. The smallest absolute Gasteiger partial charge is 0.408 e. The molecule has 1 aliphatic rings. The Morgan fingerprint density at radius 3 is 3.14 bits per heavy atom. The molecule has 0 atom stereocenters. The molecule has 14 heavy (non-hydrogen) atoms. The molecule has 7 heteroatoms. The standard InChI is InChI=1S/C7H9N5O2/c8-10-5-2-12(7(13)14)3-6-4(5)1-9-11-6/h1H,2-3,8H2,(H,9,11)(H,13,14)/b10-5-. The number of nitrogens with zero attached hydrogens (tertiary/aromatic N) is 3. The predicted octanol–water partition coefficient (Wildman–Crippen LogP) is -0.434. The van der Waals surface area contributed by atoms with Gasteiger partial charge in [-0.25, -0.2) is 4.79 Å². The van der Waals surface area contributed by atoms with E-state index in [0.29, 0.717) is 12.3 Å². The lowest BCUT2D eigenvalue weighted by atomic mass is 10.1. The number of nitrogens with two attached hydrogens (primary N) is 1. The van der Waals surface area contributed by atoms with Gasteiger partial charge in [-0.1, -0.05) is 0 Å². The molecule has 0 bridgehead atoms. The summed E-state index contributed by atoms with van der Waals surface area (Å²) in [5.74, 6) is 5.17. The van der Waals surface area contributed by atoms with E-state index in [9.17, 15) is 4.79 Å². The summed E-state index contributed by atoms with van der Waals surface area (Å²) in [6.07, 6.45) is 0.603. The maximum atomic E-state index is 10.7. The van der Waals surface area contributed by atoms with Crippen molar-refractivity contribution in [3.63, 3.8) is 0 Å². The molecule has 0 radical (unpaired) electrons. The monoisotopic (exact) mass is 195 g/mol. The second kappa shape index (κ2) is 3.02. The van der Waals surface area contributed by atoms with E-state index in [1.165, 1.54) is 4.90 Å². The molecule has 0 spiro atoms. The Kier molecular flexibility index (Phi) is 1.84. The van der Waals surface area contributed by atoms with Crippen LogP contribution >= 0.6 is 0 Å². The number of fused-ring (bicyclic) bond motifs is 1. The molecule has 4 N–H and O–H groups in total. The summed E-state index contributed by atoms with van der Waals surface area (Å²) >= 11 is 0. The molecule has 0 fully saturated rings. The molecule has 0 aromatic carbocycles. The maximum absolute atomic E-state index is 10.7. The molecule has 0 aliphatic carbocycles. The highest BCUT2D eigenvalue weighted by atomic mass is 16.4. The largest absolute Gasteiger partial charge is 0.465 e. The van der Waals surface area contributed by atoms with Crippen LogP contribution in [0.1, 0.15) is 11.3 Å². The van der Waals surface area contributed by atoms with E-state index in [-0.39, 0.29) is 6.54 Å². The molecular formula is C7H9N5O2. The van der Waals surface area contributed by atoms with E-state index in [1.807, 2.05) is 0 Å². The van der Waals surface area contributed by atoms with Crippen LogP contribution < -0.4 is 5.84 Å². The number of carboxylic acid groups (broad SMARTS) is 1. The van der Waals surface area contributed by atoms with E-state index >= 15 is 0 Å². The number of nitrogens with one attached hydrogen (secondary N) is 1. The Labute approximate surface area is 79.2 Å². The molecule has 7 nitrogen and oxygen atoms in total. The minimum atomic E-state index is -0.994. The molecule has 0 unspecified atom stereocenters. The number of carbonyl (C=O) groups is 1. The Morgan fingerprint density at radius 2 is 2.50 bits per heavy atom. The van der Waals surface area contributed by atoms with Gasteiger partial charge in [0.25, 0.3) is 0 Å². The van der Waals surface area contributed by atoms with Crippen molar-refractivity contribution < 1.29 is 9.90 Å². The highest BCUT2D eigenvalue weighted by molar-refractivity contribution is 6.04. The Hall–Kier alpha value is -2.05. The summed E-state index contributed by atoms with van der Waals surface area (Å²) in [7, 11) is 0. The number of aromatic amines is 1. The van der Waals surface area contributed by atoms with Crippen LogP contribution in [0, 0.1) is 0 Å². The summed E-state index contributed by atoms with van der Waals surface area (Å²) < 4.78 is 0. The first kappa shape index (κ1) is 8.54. The van der Waals surface area contributed by atoms with Crippen molar-refractivity contribution in [2.45, 2.75) is 6.54 Å². The zero-order valence-corrected chi connectivity index (χ0v) is 7.27. The first-order valence-electron chi connectivity index (χ1n) is 3.99. The van der Waals surface area contributed by atoms with Crippen molar-refractivity contribution in [3.05, 3.63) is 17.5 Å². The van der Waals surface area contributed by atoms with Gasteiger partial charge in [-0.2, -0.15) is 10.2 Å². The van der Waals surface area contributed by atoms with Gasteiger partial charge in [0.15, 0.2) is 0 Å². The molecule has 1 aliphatic heterocycles. The van der Waals surface area contributed by atoms with Crippen molar-refractivity contribution >= 4 is 11.8 Å². The van der Waals surface area contributed by atoms with Crippen LogP contribution in [0.25, 0.3) is 0 Å². The first-order valence-corrected chi connectivity index (χ1v) is 3.99. The van der Waals surface area contributed by atoms with Crippen molar-refractivity contribution in [1.82, 2.24) is 15.1 Å². The molecule has 2 rings (SSSR count). The average molecular weight is 195 g/mol. The number of hydrogen-bond donors (Lipinski definition) is 3. The van der Waals surface area contributed by atoms with Gasteiger partial charge in [0.2, 0.25) is 0 Å². The fourth-order valence-electron chi connectivity index (χ4n) is 1.44. The first-order chi connectivity index (χ1) is 6.72. The number of hydrazone groups is 1. The van der Waals surface area contributed by atoms with Crippen molar-refractivity contribution in [2.75, 3.05) is 6.54 Å². The summed E-state index contributed by atoms with van der Waals surface area (Å²) in [4.78, 5) is 12.0. The van der Waals surface area contributed by atoms with Gasteiger partial charge < -0.3 is 10.9 Å². The summed E-state index contributed by atoms with van der Waals surface area (Å²) in [6.45, 7) is 0.502. The minimum Gasteiger partial charge on any atom is -0.465 e. The van der Waals surface area contributed by atoms with Crippen molar-refractivity contribution in [3.8, 4) is 0 Å². The van der Waals surface area contributed by atoms with Crippen molar-refractivity contribution in [2.24, 2.45) is 10.9 Å². The highest BCUT2D eigenvalue weighted by Gasteiger charge is 2.26. The van der Waals surface area contributed by atoms with Crippen LogP contribution in [0.15, 0.2) is 11.3 Å². The Balaban J connectivity index is 2.38. The maximum Gasteiger partial charge on any atom is 0.408 e. The number of rotatable bonds is 0. The molecule has 0 saturated heterocycles. The second-order valence-electron chi connectivity index (χ2n) is 2.98. The van der Waals surface area contributed by atoms with Gasteiger partial charge in [0.05, 0.1) is 30.7 Å². The van der Waals surface area contributed by atoms with E-state index in [0.717, 1.165) is 11.3 Å². The molecular weight excluding hydrogens is 186 g/mol. The summed E-state index contributed by atoms with van der Waals surface area (Å²) in [5.41, 5.74) is 2.05. The lowest BCUT2D eigenvalue weighted by Gasteiger charge is -2.24. The second-order valence-corrected chi connectivity index (χ2v) is 2.98. The van der Waals surface area contributed by atoms with Crippen LogP contribution in [-0.4, -0.2) is 38.6 Å². The van der Waals surface area contributed by atoms with Gasteiger partial charge >= 0.3 is 6.09 Å². The Bertz CT molecular complexity index is 397. The van der Waals surface area contributed by atoms with Crippen LogP contribution in [0.2, 0.25) is 0 Å². The molecule has 1 aromatic heterocycles. The lowest BCUT2D eigenvalue weighted by Crippen LogP contribution is -2.39. The third kappa shape index (κ3) is 1.18. The van der Waals surface area contributed by atoms with Gasteiger partial charge in [-0.3, -0.25) is 10.00 Å². The third-order valence-corrected chi connectivity index (χ3v) is 2.15. The van der Waals surface area contributed by atoms with Gasteiger partial charge in [0.1, 0.15) is 0 Å². The fraction of sp³-hybridized carbons (Fsp3) is 0.286. The normalized spacial score (nSPS) is 18.3. The van der Waals surface area contributed by atoms with Crippen molar-refractivity contribution in [1.29, 1.82) is 0 Å². The average Bonchev–Trinajstić information content (AvgIpc) is 2.63. The quantitative estimate of drug-likeness (QED) is 0.385. The lowest BCUT2D eigenvalue weighted by molar-refractivity contribution is 0.148. The van der Waals surface area contributed by atoms with Crippen LogP contribution in [0.3, 0.4) is 0 Å². The summed E-state index contributed by atoms with van der Waals surface area (Å²) in [5, 5.41) is 18.9.